The van der Waals surface area contributed by atoms with E-state index >= 15 is 0 Å². The number of rotatable bonds is 3. The van der Waals surface area contributed by atoms with Gasteiger partial charge in [0.25, 0.3) is 5.91 Å². The first-order valence-electron chi connectivity index (χ1n) is 9.57. The fourth-order valence-corrected chi connectivity index (χ4v) is 4.08. The van der Waals surface area contributed by atoms with Crippen LogP contribution in [0.5, 0.6) is 0 Å². The predicted octanol–water partition coefficient (Wildman–Crippen LogP) is 2.59. The van der Waals surface area contributed by atoms with Crippen LogP contribution in [-0.4, -0.2) is 51.4 Å². The van der Waals surface area contributed by atoms with E-state index in [9.17, 15) is 9.59 Å². The Hall–Kier alpha value is -2.70. The summed E-state index contributed by atoms with van der Waals surface area (Å²) in [5.41, 5.74) is 1.30. The molecule has 2 aliphatic heterocycles. The fraction of sp³-hybridized carbons (Fsp3) is 0.500. The topological polar surface area (TPSA) is 79.5 Å². The summed E-state index contributed by atoms with van der Waals surface area (Å²) in [7, 11) is 0. The highest BCUT2D eigenvalue weighted by Gasteiger charge is 2.37. The van der Waals surface area contributed by atoms with E-state index in [4.69, 9.17) is 4.52 Å². The van der Waals surface area contributed by atoms with Crippen LogP contribution in [0, 0.1) is 12.8 Å². The van der Waals surface area contributed by atoms with Crippen molar-refractivity contribution in [1.82, 2.24) is 19.9 Å². The maximum Gasteiger partial charge on any atom is 0.272 e. The van der Waals surface area contributed by atoms with Crippen molar-refractivity contribution < 1.29 is 14.1 Å². The predicted molar refractivity (Wildman–Crippen MR) is 97.8 cm³/mol. The van der Waals surface area contributed by atoms with Crippen LogP contribution < -0.4 is 0 Å². The van der Waals surface area contributed by atoms with Gasteiger partial charge in [0.05, 0.1) is 11.7 Å². The van der Waals surface area contributed by atoms with Gasteiger partial charge in [-0.3, -0.25) is 14.6 Å². The second-order valence-corrected chi connectivity index (χ2v) is 7.34. The molecule has 2 fully saturated rings. The Morgan fingerprint density at radius 3 is 2.63 bits per heavy atom. The molecule has 2 saturated heterocycles. The van der Waals surface area contributed by atoms with Crippen molar-refractivity contribution in [3.05, 3.63) is 47.6 Å². The number of hydrogen-bond donors (Lipinski definition) is 0. The largest absolute Gasteiger partial charge is 0.359 e. The molecule has 4 rings (SSSR count). The highest BCUT2D eigenvalue weighted by atomic mass is 16.5. The van der Waals surface area contributed by atoms with Crippen LogP contribution in [0.2, 0.25) is 0 Å². The number of pyridine rings is 1. The Morgan fingerprint density at radius 1 is 1.15 bits per heavy atom. The van der Waals surface area contributed by atoms with Gasteiger partial charge in [0.1, 0.15) is 5.69 Å². The van der Waals surface area contributed by atoms with E-state index in [0.717, 1.165) is 30.8 Å². The van der Waals surface area contributed by atoms with E-state index in [1.807, 2.05) is 24.0 Å². The van der Waals surface area contributed by atoms with E-state index in [2.05, 4.69) is 10.1 Å². The average molecular weight is 368 g/mol. The lowest BCUT2D eigenvalue weighted by atomic mass is 9.94. The molecule has 1 atom stereocenters. The fourth-order valence-electron chi connectivity index (χ4n) is 4.08. The van der Waals surface area contributed by atoms with Crippen LogP contribution in [0.15, 0.2) is 35.0 Å². The molecule has 1 unspecified atom stereocenters. The van der Waals surface area contributed by atoms with Crippen molar-refractivity contribution in [2.75, 3.05) is 19.6 Å². The van der Waals surface area contributed by atoms with E-state index in [-0.39, 0.29) is 23.8 Å². The summed E-state index contributed by atoms with van der Waals surface area (Å²) in [5, 5.41) is 3.96. The van der Waals surface area contributed by atoms with Gasteiger partial charge in [-0.05, 0) is 44.7 Å². The third kappa shape index (κ3) is 3.59. The third-order valence-electron chi connectivity index (χ3n) is 5.53. The smallest absolute Gasteiger partial charge is 0.272 e. The molecule has 0 spiro atoms. The zero-order chi connectivity index (χ0) is 18.8. The van der Waals surface area contributed by atoms with E-state index < -0.39 is 0 Å². The summed E-state index contributed by atoms with van der Waals surface area (Å²) in [6.07, 6.45) is 4.90. The quantitative estimate of drug-likeness (QED) is 0.832. The molecular weight excluding hydrogens is 344 g/mol. The molecule has 0 bridgehead atoms. The zero-order valence-electron chi connectivity index (χ0n) is 15.5. The molecule has 142 valence electrons. The van der Waals surface area contributed by atoms with Crippen molar-refractivity contribution in [3.8, 4) is 0 Å². The lowest BCUT2D eigenvalue weighted by Crippen LogP contribution is -2.44. The SMILES string of the molecule is Cc1cc(C2CCCN2C(=O)C2CCN(C(=O)c3ccccn3)CC2)on1. The van der Waals surface area contributed by atoms with Crippen molar-refractivity contribution in [2.24, 2.45) is 5.92 Å². The Labute approximate surface area is 158 Å². The Balaban J connectivity index is 1.38. The normalized spacial score (nSPS) is 20.9. The highest BCUT2D eigenvalue weighted by molar-refractivity contribution is 5.92. The van der Waals surface area contributed by atoms with E-state index in [1.54, 1.807) is 23.2 Å². The van der Waals surface area contributed by atoms with Crippen LogP contribution in [0.3, 0.4) is 0 Å². The van der Waals surface area contributed by atoms with Crippen molar-refractivity contribution in [2.45, 2.75) is 38.6 Å². The van der Waals surface area contributed by atoms with Gasteiger partial charge in [0.15, 0.2) is 5.76 Å². The molecule has 2 amide bonds. The van der Waals surface area contributed by atoms with Crippen LogP contribution >= 0.6 is 0 Å². The summed E-state index contributed by atoms with van der Waals surface area (Å²) >= 11 is 0. The lowest BCUT2D eigenvalue weighted by Gasteiger charge is -2.34. The third-order valence-corrected chi connectivity index (χ3v) is 5.53. The molecule has 0 N–H and O–H groups in total. The van der Waals surface area contributed by atoms with Crippen LogP contribution in [0.4, 0.5) is 0 Å². The number of likely N-dealkylation sites (tertiary alicyclic amines) is 2. The minimum atomic E-state index is -0.0577. The monoisotopic (exact) mass is 368 g/mol. The van der Waals surface area contributed by atoms with Gasteiger partial charge in [-0.25, -0.2) is 0 Å². The first-order valence-corrected chi connectivity index (χ1v) is 9.57. The molecule has 0 radical (unpaired) electrons. The molecule has 0 saturated carbocycles. The second kappa shape index (κ2) is 7.50. The zero-order valence-corrected chi connectivity index (χ0v) is 15.5. The summed E-state index contributed by atoms with van der Waals surface area (Å²) in [6.45, 7) is 3.83. The number of carbonyl (C=O) groups excluding carboxylic acids is 2. The van der Waals surface area contributed by atoms with Crippen molar-refractivity contribution in [1.29, 1.82) is 0 Å². The molecule has 2 aromatic rings. The van der Waals surface area contributed by atoms with Crippen molar-refractivity contribution >= 4 is 11.8 Å². The number of aromatic nitrogens is 2. The molecule has 7 heteroatoms. The van der Waals surface area contributed by atoms with Gasteiger partial charge in [-0.2, -0.15) is 0 Å². The highest BCUT2D eigenvalue weighted by Crippen LogP contribution is 2.35. The van der Waals surface area contributed by atoms with Gasteiger partial charge in [-0.15, -0.1) is 0 Å². The van der Waals surface area contributed by atoms with Crippen LogP contribution in [0.1, 0.15) is 53.7 Å². The molecule has 0 aromatic carbocycles. The Bertz CT molecular complexity index is 812. The summed E-state index contributed by atoms with van der Waals surface area (Å²) in [5.74, 6) is 0.859. The standard InChI is InChI=1S/C20H24N4O3/c1-14-13-18(27-22-14)17-6-4-10-24(17)19(25)15-7-11-23(12-8-15)20(26)16-5-2-3-9-21-16/h2-3,5,9,13,15,17H,4,6-8,10-12H2,1H3. The maximum absolute atomic E-state index is 13.1. The number of nitrogens with zero attached hydrogens (tertiary/aromatic N) is 4. The molecular formula is C20H24N4O3. The molecule has 2 aromatic heterocycles. The number of piperidine rings is 1. The van der Waals surface area contributed by atoms with E-state index in [1.165, 1.54) is 0 Å². The molecule has 0 aliphatic carbocycles. The Kier molecular flexibility index (Phi) is 4.92. The first-order chi connectivity index (χ1) is 13.1. The molecule has 27 heavy (non-hydrogen) atoms. The average Bonchev–Trinajstić information content (AvgIpc) is 3.36. The van der Waals surface area contributed by atoms with Gasteiger partial charge in [0, 0.05) is 37.8 Å². The summed E-state index contributed by atoms with van der Waals surface area (Å²) in [4.78, 5) is 33.5. The summed E-state index contributed by atoms with van der Waals surface area (Å²) in [6, 6.07) is 7.25. The van der Waals surface area contributed by atoms with Crippen LogP contribution in [-0.2, 0) is 4.79 Å². The first kappa shape index (κ1) is 17.7. The molecule has 2 aliphatic rings. The van der Waals surface area contributed by atoms with Gasteiger partial charge < -0.3 is 14.3 Å². The minimum absolute atomic E-state index is 0.00752. The number of aryl methyl sites for hydroxylation is 1. The summed E-state index contributed by atoms with van der Waals surface area (Å²) < 4.78 is 5.41. The molecule has 7 nitrogen and oxygen atoms in total. The maximum atomic E-state index is 13.1. The number of hydrogen-bond acceptors (Lipinski definition) is 5. The lowest BCUT2D eigenvalue weighted by molar-refractivity contribution is -0.138. The Morgan fingerprint density at radius 2 is 1.96 bits per heavy atom. The van der Waals surface area contributed by atoms with Gasteiger partial charge in [-0.1, -0.05) is 11.2 Å². The van der Waals surface area contributed by atoms with Crippen molar-refractivity contribution in [3.63, 3.8) is 0 Å². The van der Waals surface area contributed by atoms with E-state index in [0.29, 0.717) is 31.6 Å². The molecule has 4 heterocycles. The van der Waals surface area contributed by atoms with Crippen LogP contribution in [0.25, 0.3) is 0 Å². The number of carbonyl (C=O) groups is 2. The van der Waals surface area contributed by atoms with Gasteiger partial charge in [0.2, 0.25) is 5.91 Å². The number of amides is 2. The van der Waals surface area contributed by atoms with Gasteiger partial charge >= 0.3 is 0 Å². The minimum Gasteiger partial charge on any atom is -0.359 e. The second-order valence-electron chi connectivity index (χ2n) is 7.34.